The standard InChI is InChI=1S/C17H28N4O2/c1-16(2)13(10-17(16,3)23-5)19-15(22)21-8-6-12(11-21)14-18-7-9-20(14)4/h7,9,12-13H,6,8,10-11H2,1-5H3,(H,19,22). The Labute approximate surface area is 138 Å². The molecule has 1 aliphatic heterocycles. The molecular weight excluding hydrogens is 292 g/mol. The Morgan fingerprint density at radius 3 is 2.74 bits per heavy atom. The largest absolute Gasteiger partial charge is 0.378 e. The number of amides is 2. The first-order valence-electron chi connectivity index (χ1n) is 8.36. The quantitative estimate of drug-likeness (QED) is 0.928. The zero-order valence-corrected chi connectivity index (χ0v) is 14.8. The number of likely N-dealkylation sites (tertiary alicyclic amines) is 1. The number of imidazole rings is 1. The normalized spacial score (nSPS) is 32.7. The van der Waals surface area contributed by atoms with Gasteiger partial charge in [-0.1, -0.05) is 13.8 Å². The van der Waals surface area contributed by atoms with Gasteiger partial charge in [0.25, 0.3) is 0 Å². The van der Waals surface area contributed by atoms with Crippen molar-refractivity contribution in [3.63, 3.8) is 0 Å². The molecular formula is C17H28N4O2. The maximum atomic E-state index is 12.6. The van der Waals surface area contributed by atoms with Gasteiger partial charge in [0.2, 0.25) is 0 Å². The number of rotatable bonds is 3. The summed E-state index contributed by atoms with van der Waals surface area (Å²) in [5.74, 6) is 1.40. The molecule has 128 valence electrons. The van der Waals surface area contributed by atoms with Crippen LogP contribution in [0.15, 0.2) is 12.4 Å². The molecule has 1 aromatic heterocycles. The number of hydrogen-bond acceptors (Lipinski definition) is 3. The molecule has 2 amide bonds. The Hall–Kier alpha value is -1.56. The molecule has 0 aromatic carbocycles. The van der Waals surface area contributed by atoms with E-state index in [1.807, 2.05) is 28.9 Å². The van der Waals surface area contributed by atoms with Gasteiger partial charge in [-0.2, -0.15) is 0 Å². The summed E-state index contributed by atoms with van der Waals surface area (Å²) in [5, 5.41) is 3.20. The van der Waals surface area contributed by atoms with E-state index in [1.165, 1.54) is 0 Å². The Kier molecular flexibility index (Phi) is 3.91. The minimum absolute atomic E-state index is 0.0398. The number of nitrogens with one attached hydrogen (secondary N) is 1. The van der Waals surface area contributed by atoms with Crippen LogP contribution in [0.25, 0.3) is 0 Å². The molecule has 0 spiro atoms. The van der Waals surface area contributed by atoms with Gasteiger partial charge in [0.15, 0.2) is 0 Å². The van der Waals surface area contributed by atoms with Gasteiger partial charge in [0.05, 0.1) is 5.60 Å². The van der Waals surface area contributed by atoms with Gasteiger partial charge in [-0.15, -0.1) is 0 Å². The predicted molar refractivity (Wildman–Crippen MR) is 88.3 cm³/mol. The summed E-state index contributed by atoms with van der Waals surface area (Å²) < 4.78 is 7.68. The first-order valence-corrected chi connectivity index (χ1v) is 8.36. The predicted octanol–water partition coefficient (Wildman–Crippen LogP) is 2.12. The molecule has 2 aliphatic rings. The lowest BCUT2D eigenvalue weighted by Gasteiger charge is -2.59. The van der Waals surface area contributed by atoms with E-state index >= 15 is 0 Å². The molecule has 2 fully saturated rings. The maximum Gasteiger partial charge on any atom is 0.317 e. The lowest BCUT2D eigenvalue weighted by molar-refractivity contribution is -0.177. The van der Waals surface area contributed by atoms with Crippen molar-refractivity contribution in [1.29, 1.82) is 0 Å². The lowest BCUT2D eigenvalue weighted by Crippen LogP contribution is -2.69. The second-order valence-electron chi connectivity index (χ2n) is 7.69. The van der Waals surface area contributed by atoms with E-state index in [4.69, 9.17) is 4.74 Å². The van der Waals surface area contributed by atoms with Gasteiger partial charge in [-0.25, -0.2) is 9.78 Å². The summed E-state index contributed by atoms with van der Waals surface area (Å²) in [7, 11) is 3.76. The molecule has 1 saturated carbocycles. The SMILES string of the molecule is COC1(C)CC(NC(=O)N2CCC(c3nccn3C)C2)C1(C)C. The third-order valence-corrected chi connectivity index (χ3v) is 6.28. The van der Waals surface area contributed by atoms with Gasteiger partial charge in [0, 0.05) is 57.0 Å². The van der Waals surface area contributed by atoms with Crippen LogP contribution in [-0.2, 0) is 11.8 Å². The topological polar surface area (TPSA) is 59.4 Å². The summed E-state index contributed by atoms with van der Waals surface area (Å²) >= 11 is 0. The van der Waals surface area contributed by atoms with E-state index < -0.39 is 0 Å². The molecule has 0 radical (unpaired) electrons. The van der Waals surface area contributed by atoms with Gasteiger partial charge >= 0.3 is 6.03 Å². The molecule has 3 rings (SSSR count). The highest BCUT2D eigenvalue weighted by Crippen LogP contribution is 2.51. The van der Waals surface area contributed by atoms with Crippen LogP contribution < -0.4 is 5.32 Å². The number of methoxy groups -OCH3 is 1. The average molecular weight is 320 g/mol. The first kappa shape index (κ1) is 16.3. The van der Waals surface area contributed by atoms with Crippen LogP contribution >= 0.6 is 0 Å². The second-order valence-corrected chi connectivity index (χ2v) is 7.69. The van der Waals surface area contributed by atoms with E-state index in [0.29, 0.717) is 5.92 Å². The summed E-state index contributed by atoms with van der Waals surface area (Å²) in [5.41, 5.74) is -0.221. The molecule has 3 unspecified atom stereocenters. The number of hydrogen-bond donors (Lipinski definition) is 1. The molecule has 6 nitrogen and oxygen atoms in total. The molecule has 1 aliphatic carbocycles. The molecule has 6 heteroatoms. The van der Waals surface area contributed by atoms with Crippen LogP contribution in [0.5, 0.6) is 0 Å². The highest BCUT2D eigenvalue weighted by atomic mass is 16.5. The fourth-order valence-corrected chi connectivity index (χ4v) is 3.89. The highest BCUT2D eigenvalue weighted by molar-refractivity contribution is 5.75. The summed E-state index contributed by atoms with van der Waals surface area (Å²) in [6, 6.07) is 0.199. The zero-order chi connectivity index (χ0) is 16.8. The van der Waals surface area contributed by atoms with Crippen molar-refractivity contribution in [2.45, 2.75) is 51.2 Å². The summed E-state index contributed by atoms with van der Waals surface area (Å²) in [6.45, 7) is 7.96. The third kappa shape index (κ3) is 2.53. The van der Waals surface area contributed by atoms with Crippen LogP contribution in [0.4, 0.5) is 4.79 Å². The van der Waals surface area contributed by atoms with Crippen molar-refractivity contribution in [1.82, 2.24) is 19.8 Å². The molecule has 23 heavy (non-hydrogen) atoms. The second kappa shape index (κ2) is 5.51. The first-order chi connectivity index (χ1) is 10.8. The monoisotopic (exact) mass is 320 g/mol. The Morgan fingerprint density at radius 2 is 2.17 bits per heavy atom. The van der Waals surface area contributed by atoms with E-state index in [2.05, 4.69) is 31.1 Å². The maximum absolute atomic E-state index is 12.6. The number of ether oxygens (including phenoxy) is 1. The zero-order valence-electron chi connectivity index (χ0n) is 14.8. The van der Waals surface area contributed by atoms with E-state index in [0.717, 1.165) is 31.8 Å². The third-order valence-electron chi connectivity index (χ3n) is 6.28. The van der Waals surface area contributed by atoms with Crippen LogP contribution in [-0.4, -0.2) is 52.3 Å². The van der Waals surface area contributed by atoms with Gasteiger partial charge in [-0.3, -0.25) is 0 Å². The fraction of sp³-hybridized carbons (Fsp3) is 0.765. The van der Waals surface area contributed by atoms with Crippen LogP contribution in [0.1, 0.15) is 45.4 Å². The van der Waals surface area contributed by atoms with E-state index in [1.54, 1.807) is 7.11 Å². The van der Waals surface area contributed by atoms with Gasteiger partial charge < -0.3 is 19.5 Å². The van der Waals surface area contributed by atoms with Crippen molar-refractivity contribution < 1.29 is 9.53 Å². The number of aryl methyl sites for hydroxylation is 1. The minimum Gasteiger partial charge on any atom is -0.378 e. The number of carbonyl (C=O) groups excluding carboxylic acids is 1. The van der Waals surface area contributed by atoms with Crippen molar-refractivity contribution in [2.75, 3.05) is 20.2 Å². The fourth-order valence-electron chi connectivity index (χ4n) is 3.89. The van der Waals surface area contributed by atoms with Crippen LogP contribution in [0.2, 0.25) is 0 Å². The number of aromatic nitrogens is 2. The van der Waals surface area contributed by atoms with Gasteiger partial charge in [-0.05, 0) is 19.8 Å². The molecule has 1 N–H and O–H groups in total. The van der Waals surface area contributed by atoms with Gasteiger partial charge in [0.1, 0.15) is 5.82 Å². The Morgan fingerprint density at radius 1 is 1.43 bits per heavy atom. The molecule has 3 atom stereocenters. The average Bonchev–Trinajstić information content (AvgIpc) is 3.14. The van der Waals surface area contributed by atoms with Crippen molar-refractivity contribution in [2.24, 2.45) is 12.5 Å². The highest BCUT2D eigenvalue weighted by Gasteiger charge is 2.58. The van der Waals surface area contributed by atoms with Crippen LogP contribution in [0.3, 0.4) is 0 Å². The van der Waals surface area contributed by atoms with Crippen molar-refractivity contribution in [3.05, 3.63) is 18.2 Å². The van der Waals surface area contributed by atoms with Crippen LogP contribution in [0, 0.1) is 5.41 Å². The molecule has 2 heterocycles. The Balaban J connectivity index is 1.58. The van der Waals surface area contributed by atoms with E-state index in [9.17, 15) is 4.79 Å². The van der Waals surface area contributed by atoms with Crippen molar-refractivity contribution in [3.8, 4) is 0 Å². The van der Waals surface area contributed by atoms with E-state index in [-0.39, 0.29) is 23.1 Å². The van der Waals surface area contributed by atoms with Crippen molar-refractivity contribution >= 4 is 6.03 Å². The number of urea groups is 1. The molecule has 1 aromatic rings. The minimum atomic E-state index is -0.161. The number of nitrogens with zero attached hydrogens (tertiary/aromatic N) is 3. The smallest absolute Gasteiger partial charge is 0.317 e. The number of carbonyl (C=O) groups is 1. The Bertz CT molecular complexity index is 597. The lowest BCUT2D eigenvalue weighted by atomic mass is 9.56. The summed E-state index contributed by atoms with van der Waals surface area (Å²) in [4.78, 5) is 18.9. The summed E-state index contributed by atoms with van der Waals surface area (Å²) in [6.07, 6.45) is 5.61. The molecule has 0 bridgehead atoms. The molecule has 1 saturated heterocycles.